The number of anilines is 2. The first kappa shape index (κ1) is 12.3. The van der Waals surface area contributed by atoms with Crippen LogP contribution in [0.5, 0.6) is 0 Å². The Kier molecular flexibility index (Phi) is 3.42. The Morgan fingerprint density at radius 2 is 1.78 bits per heavy atom. The Morgan fingerprint density at radius 3 is 2.44 bits per heavy atom. The first-order chi connectivity index (χ1) is 8.57. The fraction of sp³-hybridized carbons (Fsp3) is 0.0909. The number of rotatable bonds is 4. The van der Waals surface area contributed by atoms with Crippen molar-refractivity contribution in [3.05, 3.63) is 48.3 Å². The molecule has 0 amide bonds. The minimum atomic E-state index is -3.57. The molecule has 1 aromatic heterocycles. The number of nitrogens with two attached hydrogens (primary N) is 1. The molecule has 2 aromatic rings. The van der Waals surface area contributed by atoms with Crippen molar-refractivity contribution in [2.45, 2.75) is 5.75 Å². The summed E-state index contributed by atoms with van der Waals surface area (Å²) in [5.41, 5.74) is 6.68. The SMILES string of the molecule is Nc1ccccc1CS(=O)(=O)Nc1ncccn1. The minimum Gasteiger partial charge on any atom is -0.398 e. The number of hydrogen-bond acceptors (Lipinski definition) is 5. The van der Waals surface area contributed by atoms with Crippen molar-refractivity contribution in [1.29, 1.82) is 0 Å². The van der Waals surface area contributed by atoms with Gasteiger partial charge in [0.15, 0.2) is 0 Å². The summed E-state index contributed by atoms with van der Waals surface area (Å²) in [5, 5.41) is 0. The second-order valence-corrected chi connectivity index (χ2v) is 5.35. The average molecular weight is 264 g/mol. The van der Waals surface area contributed by atoms with Crippen molar-refractivity contribution in [3.63, 3.8) is 0 Å². The Hall–Kier alpha value is -2.15. The lowest BCUT2D eigenvalue weighted by Crippen LogP contribution is -2.17. The Bertz CT molecular complexity index is 629. The van der Waals surface area contributed by atoms with E-state index in [1.165, 1.54) is 12.4 Å². The van der Waals surface area contributed by atoms with Gasteiger partial charge in [0.1, 0.15) is 0 Å². The number of aromatic nitrogens is 2. The first-order valence-electron chi connectivity index (χ1n) is 5.18. The van der Waals surface area contributed by atoms with Gasteiger partial charge in [0.2, 0.25) is 16.0 Å². The third-order valence-electron chi connectivity index (χ3n) is 2.21. The molecule has 7 heteroatoms. The molecule has 1 heterocycles. The summed E-state index contributed by atoms with van der Waals surface area (Å²) >= 11 is 0. The maximum atomic E-state index is 11.9. The van der Waals surface area contributed by atoms with Crippen LogP contribution in [0.3, 0.4) is 0 Å². The number of para-hydroxylation sites is 1. The van der Waals surface area contributed by atoms with E-state index in [4.69, 9.17) is 5.73 Å². The molecular formula is C11H12N4O2S. The van der Waals surface area contributed by atoms with Crippen molar-refractivity contribution < 1.29 is 8.42 Å². The fourth-order valence-electron chi connectivity index (χ4n) is 1.40. The molecule has 0 aliphatic rings. The lowest BCUT2D eigenvalue weighted by Gasteiger charge is -2.07. The van der Waals surface area contributed by atoms with Crippen LogP contribution in [0.2, 0.25) is 0 Å². The van der Waals surface area contributed by atoms with E-state index in [-0.39, 0.29) is 11.7 Å². The van der Waals surface area contributed by atoms with Gasteiger partial charge in [-0.15, -0.1) is 0 Å². The highest BCUT2D eigenvalue weighted by molar-refractivity contribution is 7.91. The number of nitrogens with zero attached hydrogens (tertiary/aromatic N) is 2. The molecule has 0 bridgehead atoms. The van der Waals surface area contributed by atoms with E-state index in [9.17, 15) is 8.42 Å². The van der Waals surface area contributed by atoms with Gasteiger partial charge in [0.25, 0.3) is 0 Å². The van der Waals surface area contributed by atoms with Crippen molar-refractivity contribution in [2.75, 3.05) is 10.5 Å². The lowest BCUT2D eigenvalue weighted by molar-refractivity contribution is 0.600. The minimum absolute atomic E-state index is 0.0482. The van der Waals surface area contributed by atoms with Crippen LogP contribution in [0, 0.1) is 0 Å². The molecule has 0 saturated carbocycles. The summed E-state index contributed by atoms with van der Waals surface area (Å²) in [6, 6.07) is 8.41. The van der Waals surface area contributed by atoms with E-state index >= 15 is 0 Å². The molecule has 0 fully saturated rings. The van der Waals surface area contributed by atoms with Gasteiger partial charge in [-0.2, -0.15) is 0 Å². The van der Waals surface area contributed by atoms with Gasteiger partial charge in [-0.05, 0) is 17.7 Å². The summed E-state index contributed by atoms with van der Waals surface area (Å²) in [6.07, 6.45) is 2.92. The highest BCUT2D eigenvalue weighted by Gasteiger charge is 2.14. The summed E-state index contributed by atoms with van der Waals surface area (Å²) in [5.74, 6) is -0.162. The molecule has 1 aromatic carbocycles. The van der Waals surface area contributed by atoms with Crippen LogP contribution in [-0.2, 0) is 15.8 Å². The molecule has 6 nitrogen and oxygen atoms in total. The second-order valence-electron chi connectivity index (χ2n) is 3.63. The zero-order chi connectivity index (χ0) is 13.0. The lowest BCUT2D eigenvalue weighted by atomic mass is 10.2. The smallest absolute Gasteiger partial charge is 0.239 e. The van der Waals surface area contributed by atoms with E-state index in [1.54, 1.807) is 30.3 Å². The van der Waals surface area contributed by atoms with Crippen LogP contribution < -0.4 is 10.5 Å². The van der Waals surface area contributed by atoms with Crippen LogP contribution in [0.4, 0.5) is 11.6 Å². The Morgan fingerprint density at radius 1 is 1.11 bits per heavy atom. The highest BCUT2D eigenvalue weighted by Crippen LogP contribution is 2.15. The van der Waals surface area contributed by atoms with Crippen LogP contribution >= 0.6 is 0 Å². The fourth-order valence-corrected chi connectivity index (χ4v) is 2.53. The molecule has 0 unspecified atom stereocenters. The van der Waals surface area contributed by atoms with Crippen molar-refractivity contribution in [2.24, 2.45) is 0 Å². The number of hydrogen-bond donors (Lipinski definition) is 2. The Labute approximate surface area is 105 Å². The summed E-state index contributed by atoms with van der Waals surface area (Å²) in [7, 11) is -3.57. The maximum absolute atomic E-state index is 11.9. The molecule has 0 atom stereocenters. The molecule has 2 rings (SSSR count). The number of sulfonamides is 1. The topological polar surface area (TPSA) is 98.0 Å². The molecule has 0 saturated heterocycles. The number of nitrogen functional groups attached to an aromatic ring is 1. The molecule has 18 heavy (non-hydrogen) atoms. The quantitative estimate of drug-likeness (QED) is 0.803. The summed E-state index contributed by atoms with van der Waals surface area (Å²) in [4.78, 5) is 7.59. The van der Waals surface area contributed by atoms with E-state index in [0.717, 1.165) is 0 Å². The third-order valence-corrected chi connectivity index (χ3v) is 3.40. The molecule has 3 N–H and O–H groups in total. The normalized spacial score (nSPS) is 11.1. The second kappa shape index (κ2) is 5.01. The van der Waals surface area contributed by atoms with Crippen molar-refractivity contribution in [1.82, 2.24) is 9.97 Å². The molecule has 0 spiro atoms. The predicted molar refractivity (Wildman–Crippen MR) is 69.1 cm³/mol. The van der Waals surface area contributed by atoms with E-state index in [2.05, 4.69) is 14.7 Å². The molecular weight excluding hydrogens is 252 g/mol. The number of nitrogens with one attached hydrogen (secondary N) is 1. The van der Waals surface area contributed by atoms with Crippen LogP contribution in [0.15, 0.2) is 42.7 Å². The van der Waals surface area contributed by atoms with Gasteiger partial charge in [-0.25, -0.2) is 18.4 Å². The Balaban J connectivity index is 2.16. The van der Waals surface area contributed by atoms with Gasteiger partial charge in [0, 0.05) is 18.1 Å². The largest absolute Gasteiger partial charge is 0.398 e. The zero-order valence-electron chi connectivity index (χ0n) is 9.45. The van der Waals surface area contributed by atoms with Crippen LogP contribution in [0.1, 0.15) is 5.56 Å². The predicted octanol–water partition coefficient (Wildman–Crippen LogP) is 1.00. The van der Waals surface area contributed by atoms with Gasteiger partial charge < -0.3 is 5.73 Å². The van der Waals surface area contributed by atoms with Crippen LogP contribution in [-0.4, -0.2) is 18.4 Å². The number of benzene rings is 1. The highest BCUT2D eigenvalue weighted by atomic mass is 32.2. The van der Waals surface area contributed by atoms with Gasteiger partial charge in [-0.3, -0.25) is 4.72 Å². The van der Waals surface area contributed by atoms with Crippen molar-refractivity contribution >= 4 is 21.7 Å². The summed E-state index contributed by atoms with van der Waals surface area (Å²) < 4.78 is 26.0. The summed E-state index contributed by atoms with van der Waals surface area (Å²) in [6.45, 7) is 0. The first-order valence-corrected chi connectivity index (χ1v) is 6.83. The standard InChI is InChI=1S/C11H12N4O2S/c12-10-5-2-1-4-9(10)8-18(16,17)15-11-13-6-3-7-14-11/h1-7H,8,12H2,(H,13,14,15). The monoisotopic (exact) mass is 264 g/mol. The maximum Gasteiger partial charge on any atom is 0.239 e. The van der Waals surface area contributed by atoms with Crippen molar-refractivity contribution in [3.8, 4) is 0 Å². The van der Waals surface area contributed by atoms with E-state index in [0.29, 0.717) is 11.3 Å². The molecule has 0 radical (unpaired) electrons. The van der Waals surface area contributed by atoms with Gasteiger partial charge in [-0.1, -0.05) is 18.2 Å². The molecule has 0 aliphatic carbocycles. The van der Waals surface area contributed by atoms with E-state index < -0.39 is 10.0 Å². The average Bonchev–Trinajstić information content (AvgIpc) is 2.32. The van der Waals surface area contributed by atoms with Crippen LogP contribution in [0.25, 0.3) is 0 Å². The van der Waals surface area contributed by atoms with Gasteiger partial charge >= 0.3 is 0 Å². The third kappa shape index (κ3) is 3.17. The molecule has 0 aliphatic heterocycles. The van der Waals surface area contributed by atoms with Gasteiger partial charge in [0.05, 0.1) is 5.75 Å². The zero-order valence-corrected chi connectivity index (χ0v) is 10.3. The molecule has 94 valence electrons. The van der Waals surface area contributed by atoms with E-state index in [1.807, 2.05) is 0 Å².